The molecule has 1 heterocycles. The van der Waals surface area contributed by atoms with Crippen LogP contribution in [0.5, 0.6) is 0 Å². The molecular weight excluding hydrogens is 182 g/mol. The van der Waals surface area contributed by atoms with Crippen molar-refractivity contribution >= 4 is 5.97 Å². The van der Waals surface area contributed by atoms with Gasteiger partial charge in [-0.1, -0.05) is 0 Å². The summed E-state index contributed by atoms with van der Waals surface area (Å²) < 4.78 is 5.44. The molecule has 1 atom stereocenters. The molecule has 0 aromatic heterocycles. The van der Waals surface area contributed by atoms with E-state index in [1.54, 1.807) is 0 Å². The number of nitrogens with one attached hydrogen (secondary N) is 1. The van der Waals surface area contributed by atoms with Crippen molar-refractivity contribution in [3.05, 3.63) is 0 Å². The van der Waals surface area contributed by atoms with Crippen LogP contribution in [0.4, 0.5) is 0 Å². The van der Waals surface area contributed by atoms with Crippen LogP contribution in [0.2, 0.25) is 0 Å². The standard InChI is InChI=1S/C10H17NO3/c12-9(13)10(4-2-5-10)11-7-8-3-1-6-14-8/h8,11H,1-7H2,(H,12,13). The number of hydrogen-bond acceptors (Lipinski definition) is 3. The van der Waals surface area contributed by atoms with Gasteiger partial charge in [0.2, 0.25) is 0 Å². The second kappa shape index (κ2) is 3.87. The Balaban J connectivity index is 1.80. The first-order chi connectivity index (χ1) is 6.73. The highest BCUT2D eigenvalue weighted by atomic mass is 16.5. The Labute approximate surface area is 83.6 Å². The van der Waals surface area contributed by atoms with Gasteiger partial charge in [0.15, 0.2) is 0 Å². The highest BCUT2D eigenvalue weighted by molar-refractivity contribution is 5.79. The van der Waals surface area contributed by atoms with Crippen LogP contribution in [0.15, 0.2) is 0 Å². The van der Waals surface area contributed by atoms with Crippen LogP contribution in [0.3, 0.4) is 0 Å². The Kier molecular flexibility index (Phi) is 2.74. The van der Waals surface area contributed by atoms with E-state index in [-0.39, 0.29) is 6.10 Å². The number of rotatable bonds is 4. The third kappa shape index (κ3) is 1.77. The zero-order valence-corrected chi connectivity index (χ0v) is 8.29. The molecule has 1 aliphatic heterocycles. The van der Waals surface area contributed by atoms with Crippen molar-refractivity contribution in [3.8, 4) is 0 Å². The van der Waals surface area contributed by atoms with Crippen LogP contribution in [-0.4, -0.2) is 35.9 Å². The first-order valence-electron chi connectivity index (χ1n) is 5.33. The summed E-state index contributed by atoms with van der Waals surface area (Å²) in [4.78, 5) is 11.0. The fourth-order valence-corrected chi connectivity index (χ4v) is 2.11. The van der Waals surface area contributed by atoms with E-state index >= 15 is 0 Å². The van der Waals surface area contributed by atoms with Gasteiger partial charge in [-0.3, -0.25) is 10.1 Å². The summed E-state index contributed by atoms with van der Waals surface area (Å²) in [7, 11) is 0. The smallest absolute Gasteiger partial charge is 0.323 e. The van der Waals surface area contributed by atoms with Gasteiger partial charge in [-0.2, -0.15) is 0 Å². The molecule has 0 amide bonds. The summed E-state index contributed by atoms with van der Waals surface area (Å²) >= 11 is 0. The molecule has 0 bridgehead atoms. The highest BCUT2D eigenvalue weighted by Crippen LogP contribution is 2.32. The average Bonchev–Trinajstić information content (AvgIpc) is 2.53. The number of ether oxygens (including phenoxy) is 1. The van der Waals surface area contributed by atoms with Gasteiger partial charge in [-0.15, -0.1) is 0 Å². The molecule has 1 unspecified atom stereocenters. The van der Waals surface area contributed by atoms with Gasteiger partial charge in [-0.05, 0) is 32.1 Å². The van der Waals surface area contributed by atoms with Crippen molar-refractivity contribution in [2.24, 2.45) is 0 Å². The quantitative estimate of drug-likeness (QED) is 0.702. The predicted octanol–water partition coefficient (Wildman–Crippen LogP) is 0.762. The normalized spacial score (nSPS) is 29.9. The first kappa shape index (κ1) is 9.93. The Hall–Kier alpha value is -0.610. The summed E-state index contributed by atoms with van der Waals surface area (Å²) in [6, 6.07) is 0. The number of carboxylic acid groups (broad SMARTS) is 1. The molecule has 0 aromatic carbocycles. The summed E-state index contributed by atoms with van der Waals surface area (Å²) in [6.45, 7) is 1.51. The molecule has 0 radical (unpaired) electrons. The molecule has 14 heavy (non-hydrogen) atoms. The number of carbonyl (C=O) groups is 1. The number of aliphatic carboxylic acids is 1. The molecule has 1 aliphatic carbocycles. The van der Waals surface area contributed by atoms with E-state index < -0.39 is 11.5 Å². The van der Waals surface area contributed by atoms with E-state index in [0.29, 0.717) is 6.54 Å². The molecule has 1 saturated heterocycles. The van der Waals surface area contributed by atoms with Gasteiger partial charge in [-0.25, -0.2) is 0 Å². The minimum Gasteiger partial charge on any atom is -0.480 e. The van der Waals surface area contributed by atoms with Gasteiger partial charge >= 0.3 is 5.97 Å². The Bertz CT molecular complexity index is 219. The van der Waals surface area contributed by atoms with E-state index in [4.69, 9.17) is 9.84 Å². The molecule has 0 aromatic rings. The van der Waals surface area contributed by atoms with E-state index in [2.05, 4.69) is 5.32 Å². The van der Waals surface area contributed by atoms with Crippen molar-refractivity contribution in [1.29, 1.82) is 0 Å². The lowest BCUT2D eigenvalue weighted by atomic mass is 9.76. The Morgan fingerprint density at radius 3 is 2.71 bits per heavy atom. The average molecular weight is 199 g/mol. The van der Waals surface area contributed by atoms with Crippen molar-refractivity contribution in [1.82, 2.24) is 5.32 Å². The molecule has 2 N–H and O–H groups in total. The van der Waals surface area contributed by atoms with Crippen molar-refractivity contribution in [2.45, 2.75) is 43.7 Å². The maximum absolute atomic E-state index is 11.0. The summed E-state index contributed by atoms with van der Waals surface area (Å²) in [5, 5.41) is 12.2. The maximum atomic E-state index is 11.0. The highest BCUT2D eigenvalue weighted by Gasteiger charge is 2.44. The second-order valence-electron chi connectivity index (χ2n) is 4.26. The lowest BCUT2D eigenvalue weighted by molar-refractivity contribution is -0.149. The van der Waals surface area contributed by atoms with E-state index in [9.17, 15) is 4.79 Å². The van der Waals surface area contributed by atoms with Crippen LogP contribution >= 0.6 is 0 Å². The van der Waals surface area contributed by atoms with Gasteiger partial charge in [0.25, 0.3) is 0 Å². The van der Waals surface area contributed by atoms with Gasteiger partial charge in [0.1, 0.15) is 5.54 Å². The minimum atomic E-state index is -0.707. The summed E-state index contributed by atoms with van der Waals surface area (Å²) in [5.41, 5.74) is -0.633. The molecule has 1 saturated carbocycles. The molecule has 80 valence electrons. The van der Waals surface area contributed by atoms with Gasteiger partial charge in [0.05, 0.1) is 6.10 Å². The number of carboxylic acids is 1. The molecule has 2 aliphatic rings. The molecule has 2 fully saturated rings. The zero-order valence-electron chi connectivity index (χ0n) is 8.29. The SMILES string of the molecule is O=C(O)C1(NCC2CCCO2)CCC1. The van der Waals surface area contributed by atoms with Crippen LogP contribution in [0, 0.1) is 0 Å². The topological polar surface area (TPSA) is 58.6 Å². The van der Waals surface area contributed by atoms with Gasteiger partial charge in [0, 0.05) is 13.2 Å². The third-order valence-electron chi connectivity index (χ3n) is 3.31. The second-order valence-corrected chi connectivity index (χ2v) is 4.26. The minimum absolute atomic E-state index is 0.229. The maximum Gasteiger partial charge on any atom is 0.323 e. The largest absolute Gasteiger partial charge is 0.480 e. The fourth-order valence-electron chi connectivity index (χ4n) is 2.11. The van der Waals surface area contributed by atoms with Crippen LogP contribution < -0.4 is 5.32 Å². The third-order valence-corrected chi connectivity index (χ3v) is 3.31. The van der Waals surface area contributed by atoms with Crippen LogP contribution in [0.1, 0.15) is 32.1 Å². The monoisotopic (exact) mass is 199 g/mol. The van der Waals surface area contributed by atoms with Gasteiger partial charge < -0.3 is 9.84 Å². The molecule has 0 spiro atoms. The summed E-state index contributed by atoms with van der Waals surface area (Å²) in [6.07, 6.45) is 4.93. The van der Waals surface area contributed by atoms with Crippen molar-refractivity contribution in [2.75, 3.05) is 13.2 Å². The van der Waals surface area contributed by atoms with E-state index in [1.807, 2.05) is 0 Å². The summed E-state index contributed by atoms with van der Waals surface area (Å²) in [5.74, 6) is -0.707. The molecular formula is C10H17NO3. The Morgan fingerprint density at radius 1 is 1.50 bits per heavy atom. The lowest BCUT2D eigenvalue weighted by Crippen LogP contribution is -2.58. The lowest BCUT2D eigenvalue weighted by Gasteiger charge is -2.39. The fraction of sp³-hybridized carbons (Fsp3) is 0.900. The van der Waals surface area contributed by atoms with Crippen LogP contribution in [-0.2, 0) is 9.53 Å². The van der Waals surface area contributed by atoms with E-state index in [0.717, 1.165) is 38.7 Å². The predicted molar refractivity (Wildman–Crippen MR) is 51.2 cm³/mol. The van der Waals surface area contributed by atoms with Crippen molar-refractivity contribution < 1.29 is 14.6 Å². The first-order valence-corrected chi connectivity index (χ1v) is 5.33. The molecule has 4 nitrogen and oxygen atoms in total. The zero-order chi connectivity index (χ0) is 10.0. The van der Waals surface area contributed by atoms with E-state index in [1.165, 1.54) is 0 Å². The Morgan fingerprint density at radius 2 is 2.29 bits per heavy atom. The number of hydrogen-bond donors (Lipinski definition) is 2. The molecule has 2 rings (SSSR count). The molecule has 4 heteroatoms. The van der Waals surface area contributed by atoms with Crippen LogP contribution in [0.25, 0.3) is 0 Å². The van der Waals surface area contributed by atoms with Crippen molar-refractivity contribution in [3.63, 3.8) is 0 Å².